The van der Waals surface area contributed by atoms with Crippen LogP contribution >= 0.6 is 0 Å². The Kier molecular flexibility index (Phi) is 7.25. The molecule has 1 saturated carbocycles. The molecule has 0 bridgehead atoms. The lowest BCUT2D eigenvalue weighted by molar-refractivity contribution is -0.148. The van der Waals surface area contributed by atoms with Gasteiger partial charge in [0, 0.05) is 6.61 Å². The van der Waals surface area contributed by atoms with E-state index in [-0.39, 0.29) is 12.0 Å². The third-order valence-electron chi connectivity index (χ3n) is 3.60. The van der Waals surface area contributed by atoms with Crippen molar-refractivity contribution in [1.29, 1.82) is 0 Å². The molecule has 1 N–H and O–H groups in total. The number of rotatable bonds is 6. The largest absolute Gasteiger partial charge is 0.481 e. The summed E-state index contributed by atoms with van der Waals surface area (Å²) in [5, 5.41) is 9.25. The Morgan fingerprint density at radius 1 is 1.18 bits per heavy atom. The zero-order valence-corrected chi connectivity index (χ0v) is 11.0. The number of hydrogen-bond donors (Lipinski definition) is 1. The zero-order chi connectivity index (χ0) is 12.5. The molecule has 1 rings (SSSR count). The predicted molar refractivity (Wildman–Crippen MR) is 68.1 cm³/mol. The van der Waals surface area contributed by atoms with E-state index in [1.165, 1.54) is 25.7 Å². The highest BCUT2D eigenvalue weighted by molar-refractivity contribution is 5.70. The van der Waals surface area contributed by atoms with Crippen LogP contribution in [0.1, 0.15) is 64.7 Å². The number of hydrogen-bond acceptors (Lipinski definition) is 2. The summed E-state index contributed by atoms with van der Waals surface area (Å²) in [7, 11) is 0. The molecule has 0 heterocycles. The van der Waals surface area contributed by atoms with Gasteiger partial charge < -0.3 is 9.84 Å². The molecule has 3 nitrogen and oxygen atoms in total. The van der Waals surface area contributed by atoms with Crippen LogP contribution in [0.25, 0.3) is 0 Å². The third kappa shape index (κ3) is 5.53. The molecule has 0 aromatic rings. The first-order valence-corrected chi connectivity index (χ1v) is 7.10. The number of carboxylic acid groups (broad SMARTS) is 1. The van der Waals surface area contributed by atoms with Crippen LogP contribution in [-0.2, 0) is 9.53 Å². The van der Waals surface area contributed by atoms with Gasteiger partial charge in [-0.15, -0.1) is 0 Å². The molecule has 2 unspecified atom stereocenters. The van der Waals surface area contributed by atoms with E-state index in [2.05, 4.69) is 6.92 Å². The van der Waals surface area contributed by atoms with E-state index in [1.807, 2.05) is 0 Å². The van der Waals surface area contributed by atoms with Gasteiger partial charge in [0.05, 0.1) is 12.0 Å². The Hall–Kier alpha value is -0.570. The third-order valence-corrected chi connectivity index (χ3v) is 3.60. The van der Waals surface area contributed by atoms with Crippen LogP contribution in [0, 0.1) is 5.92 Å². The van der Waals surface area contributed by atoms with Crippen LogP contribution < -0.4 is 0 Å². The summed E-state index contributed by atoms with van der Waals surface area (Å²) in [4.78, 5) is 11.2. The Labute approximate surface area is 105 Å². The summed E-state index contributed by atoms with van der Waals surface area (Å²) in [5.74, 6) is -0.954. The predicted octanol–water partition coefficient (Wildman–Crippen LogP) is 3.62. The lowest BCUT2D eigenvalue weighted by atomic mass is 9.88. The fraction of sp³-hybridized carbons (Fsp3) is 0.929. The Bertz CT molecular complexity index is 216. The van der Waals surface area contributed by atoms with Crippen molar-refractivity contribution < 1.29 is 14.6 Å². The van der Waals surface area contributed by atoms with Crippen molar-refractivity contribution in [2.45, 2.75) is 70.8 Å². The van der Waals surface area contributed by atoms with E-state index in [0.29, 0.717) is 0 Å². The molecule has 17 heavy (non-hydrogen) atoms. The van der Waals surface area contributed by atoms with Crippen molar-refractivity contribution in [2.75, 3.05) is 6.61 Å². The second-order valence-corrected chi connectivity index (χ2v) is 5.05. The summed E-state index contributed by atoms with van der Waals surface area (Å²) in [5.41, 5.74) is 0. The first-order chi connectivity index (χ1) is 8.25. The van der Waals surface area contributed by atoms with E-state index in [0.717, 1.165) is 38.7 Å². The maximum Gasteiger partial charge on any atom is 0.309 e. The standard InChI is InChI=1S/C14H26O3/c1-2-3-8-11-17-13-10-7-5-4-6-9-12(13)14(15)16/h12-13H,2-11H2,1H3,(H,15,16). The zero-order valence-electron chi connectivity index (χ0n) is 11.0. The van der Waals surface area contributed by atoms with Gasteiger partial charge in [-0.1, -0.05) is 45.4 Å². The van der Waals surface area contributed by atoms with Gasteiger partial charge in [0.15, 0.2) is 0 Å². The normalized spacial score (nSPS) is 26.2. The summed E-state index contributed by atoms with van der Waals surface area (Å²) in [6, 6.07) is 0. The van der Waals surface area contributed by atoms with E-state index in [9.17, 15) is 9.90 Å². The van der Waals surface area contributed by atoms with Gasteiger partial charge in [0.2, 0.25) is 0 Å². The summed E-state index contributed by atoms with van der Waals surface area (Å²) < 4.78 is 5.81. The smallest absolute Gasteiger partial charge is 0.309 e. The van der Waals surface area contributed by atoms with Crippen LogP contribution in [0.5, 0.6) is 0 Å². The van der Waals surface area contributed by atoms with Gasteiger partial charge in [-0.25, -0.2) is 0 Å². The van der Waals surface area contributed by atoms with E-state index >= 15 is 0 Å². The van der Waals surface area contributed by atoms with Gasteiger partial charge in [-0.3, -0.25) is 4.79 Å². The Balaban J connectivity index is 2.40. The summed E-state index contributed by atoms with van der Waals surface area (Å²) >= 11 is 0. The van der Waals surface area contributed by atoms with Crippen molar-refractivity contribution in [1.82, 2.24) is 0 Å². The van der Waals surface area contributed by atoms with Crippen LogP contribution in [0.2, 0.25) is 0 Å². The second-order valence-electron chi connectivity index (χ2n) is 5.05. The van der Waals surface area contributed by atoms with Gasteiger partial charge >= 0.3 is 5.97 Å². The molecule has 0 amide bonds. The second kappa shape index (κ2) is 8.51. The number of carbonyl (C=O) groups is 1. The fourth-order valence-corrected chi connectivity index (χ4v) is 2.52. The average Bonchev–Trinajstić information content (AvgIpc) is 2.26. The van der Waals surface area contributed by atoms with Gasteiger partial charge in [0.1, 0.15) is 0 Å². The van der Waals surface area contributed by atoms with Crippen molar-refractivity contribution in [3.05, 3.63) is 0 Å². The van der Waals surface area contributed by atoms with Crippen molar-refractivity contribution in [3.63, 3.8) is 0 Å². The molecule has 1 aliphatic carbocycles. The van der Waals surface area contributed by atoms with Crippen LogP contribution in [-0.4, -0.2) is 23.8 Å². The SMILES string of the molecule is CCCCCOC1CCCCCCC1C(=O)O. The van der Waals surface area contributed by atoms with E-state index < -0.39 is 5.97 Å². The summed E-state index contributed by atoms with van der Waals surface area (Å²) in [6.07, 6.45) is 9.60. The molecule has 0 saturated heterocycles. The minimum absolute atomic E-state index is 0.0512. The molecule has 1 aliphatic rings. The molecule has 0 spiro atoms. The van der Waals surface area contributed by atoms with Crippen molar-refractivity contribution in [2.24, 2.45) is 5.92 Å². The first-order valence-electron chi connectivity index (χ1n) is 7.10. The lowest BCUT2D eigenvalue weighted by Crippen LogP contribution is -2.32. The molecular weight excluding hydrogens is 216 g/mol. The number of unbranched alkanes of at least 4 members (excludes halogenated alkanes) is 2. The van der Waals surface area contributed by atoms with Crippen molar-refractivity contribution >= 4 is 5.97 Å². The first kappa shape index (κ1) is 14.5. The fourth-order valence-electron chi connectivity index (χ4n) is 2.52. The van der Waals surface area contributed by atoms with Gasteiger partial charge in [0.25, 0.3) is 0 Å². The quantitative estimate of drug-likeness (QED) is 0.724. The molecule has 0 radical (unpaired) electrons. The van der Waals surface area contributed by atoms with Crippen LogP contribution in [0.15, 0.2) is 0 Å². The van der Waals surface area contributed by atoms with Gasteiger partial charge in [-0.05, 0) is 19.3 Å². The minimum Gasteiger partial charge on any atom is -0.481 e. The monoisotopic (exact) mass is 242 g/mol. The highest BCUT2D eigenvalue weighted by Gasteiger charge is 2.29. The van der Waals surface area contributed by atoms with Crippen molar-refractivity contribution in [3.8, 4) is 0 Å². The van der Waals surface area contributed by atoms with Gasteiger partial charge in [-0.2, -0.15) is 0 Å². The Morgan fingerprint density at radius 3 is 2.53 bits per heavy atom. The van der Waals surface area contributed by atoms with Crippen LogP contribution in [0.4, 0.5) is 0 Å². The number of aliphatic carboxylic acids is 1. The maximum atomic E-state index is 11.2. The number of carboxylic acids is 1. The molecule has 1 fully saturated rings. The lowest BCUT2D eigenvalue weighted by Gasteiger charge is -2.26. The van der Waals surface area contributed by atoms with E-state index in [4.69, 9.17) is 4.74 Å². The van der Waals surface area contributed by atoms with Crippen LogP contribution in [0.3, 0.4) is 0 Å². The highest BCUT2D eigenvalue weighted by Crippen LogP contribution is 2.25. The maximum absolute atomic E-state index is 11.2. The minimum atomic E-state index is -0.674. The molecule has 0 aliphatic heterocycles. The molecule has 0 aromatic heterocycles. The average molecular weight is 242 g/mol. The molecule has 100 valence electrons. The highest BCUT2D eigenvalue weighted by atomic mass is 16.5. The Morgan fingerprint density at radius 2 is 1.88 bits per heavy atom. The molecule has 3 heteroatoms. The molecule has 2 atom stereocenters. The molecular formula is C14H26O3. The molecule has 0 aromatic carbocycles. The summed E-state index contributed by atoms with van der Waals surface area (Å²) in [6.45, 7) is 2.89. The van der Waals surface area contributed by atoms with E-state index in [1.54, 1.807) is 0 Å². The topological polar surface area (TPSA) is 46.5 Å². The number of ether oxygens (including phenoxy) is 1.